The van der Waals surface area contributed by atoms with Crippen LogP contribution in [0.25, 0.3) is 21.7 Å². The summed E-state index contributed by atoms with van der Waals surface area (Å²) in [6, 6.07) is 15.6. The fourth-order valence-corrected chi connectivity index (χ4v) is 5.66. The molecule has 1 heterocycles. The normalized spacial score (nSPS) is 15.9. The number of carbonyl (C=O) groups excluding carboxylic acids is 1. The lowest BCUT2D eigenvalue weighted by molar-refractivity contribution is 0.0906. The van der Waals surface area contributed by atoms with Crippen LogP contribution >= 0.6 is 15.9 Å². The van der Waals surface area contributed by atoms with Gasteiger partial charge in [-0.3, -0.25) is 9.52 Å². The Bertz CT molecular complexity index is 1470. The van der Waals surface area contributed by atoms with E-state index in [2.05, 4.69) is 34.5 Å². The van der Waals surface area contributed by atoms with Gasteiger partial charge < -0.3 is 4.42 Å². The van der Waals surface area contributed by atoms with E-state index in [-0.39, 0.29) is 16.1 Å². The van der Waals surface area contributed by atoms with Gasteiger partial charge in [0, 0.05) is 33.5 Å². The summed E-state index contributed by atoms with van der Waals surface area (Å²) in [6.07, 6.45) is 1.10. The number of sulfonamides is 1. The molecule has 1 N–H and O–H groups in total. The minimum absolute atomic E-state index is 0.0296. The van der Waals surface area contributed by atoms with Crippen LogP contribution in [-0.2, 0) is 16.4 Å². The molecule has 0 saturated carbocycles. The van der Waals surface area contributed by atoms with Gasteiger partial charge in [-0.2, -0.15) is 0 Å². The van der Waals surface area contributed by atoms with Crippen LogP contribution in [0.3, 0.4) is 0 Å². The molecule has 1 aromatic heterocycles. The number of nitrogens with one attached hydrogen (secondary N) is 1. The zero-order valence-corrected chi connectivity index (χ0v) is 19.4. The number of furan rings is 1. The van der Waals surface area contributed by atoms with Gasteiger partial charge >= 0.3 is 0 Å². The largest absolute Gasteiger partial charge is 0.460 e. The molecule has 5 nitrogen and oxygen atoms in total. The van der Waals surface area contributed by atoms with Crippen molar-refractivity contribution in [1.82, 2.24) is 0 Å². The summed E-state index contributed by atoms with van der Waals surface area (Å²) >= 11 is 3.33. The van der Waals surface area contributed by atoms with Crippen molar-refractivity contribution in [2.24, 2.45) is 5.41 Å². The van der Waals surface area contributed by atoms with Crippen molar-refractivity contribution in [1.29, 1.82) is 0 Å². The highest BCUT2D eigenvalue weighted by molar-refractivity contribution is 9.10. The maximum atomic E-state index is 13.1. The molecule has 1 aliphatic carbocycles. The van der Waals surface area contributed by atoms with Gasteiger partial charge in [-0.25, -0.2) is 8.42 Å². The highest BCUT2D eigenvalue weighted by Gasteiger charge is 2.35. The van der Waals surface area contributed by atoms with Crippen LogP contribution in [0.5, 0.6) is 0 Å². The molecule has 0 radical (unpaired) electrons. The van der Waals surface area contributed by atoms with E-state index in [4.69, 9.17) is 4.42 Å². The molecule has 0 saturated heterocycles. The zero-order chi connectivity index (χ0) is 22.0. The van der Waals surface area contributed by atoms with Crippen LogP contribution in [-0.4, -0.2) is 14.2 Å². The molecule has 0 fully saturated rings. The first-order valence-corrected chi connectivity index (χ1v) is 12.2. The lowest BCUT2D eigenvalue weighted by Crippen LogP contribution is -2.25. The van der Waals surface area contributed by atoms with Crippen LogP contribution in [0, 0.1) is 5.41 Å². The zero-order valence-electron chi connectivity index (χ0n) is 17.0. The second-order valence-corrected chi connectivity index (χ2v) is 11.3. The lowest BCUT2D eigenvalue weighted by Gasteiger charge is -2.27. The number of halogens is 1. The Labute approximate surface area is 188 Å². The summed E-state index contributed by atoms with van der Waals surface area (Å²) in [5.41, 5.74) is 1.45. The molecule has 0 unspecified atom stereocenters. The van der Waals surface area contributed by atoms with Crippen molar-refractivity contribution in [2.45, 2.75) is 31.6 Å². The number of anilines is 1. The number of ketones is 1. The first-order valence-electron chi connectivity index (χ1n) is 9.93. The molecule has 1 aliphatic rings. The Morgan fingerprint density at radius 1 is 0.968 bits per heavy atom. The summed E-state index contributed by atoms with van der Waals surface area (Å²) in [7, 11) is -3.81. The highest BCUT2D eigenvalue weighted by atomic mass is 79.9. The Hall–Kier alpha value is -2.64. The van der Waals surface area contributed by atoms with Gasteiger partial charge in [0.15, 0.2) is 5.78 Å². The van der Waals surface area contributed by atoms with Gasteiger partial charge in [0.1, 0.15) is 11.3 Å². The summed E-state index contributed by atoms with van der Waals surface area (Å²) in [4.78, 5) is 13.1. The molecule has 0 aliphatic heterocycles. The quantitative estimate of drug-likeness (QED) is 0.360. The molecule has 5 rings (SSSR count). The minimum Gasteiger partial charge on any atom is -0.460 e. The van der Waals surface area contributed by atoms with E-state index in [9.17, 15) is 13.2 Å². The van der Waals surface area contributed by atoms with Gasteiger partial charge in [0.2, 0.25) is 0 Å². The van der Waals surface area contributed by atoms with Crippen LogP contribution in [0.4, 0.5) is 5.69 Å². The molecule has 3 aromatic carbocycles. The van der Waals surface area contributed by atoms with Crippen molar-refractivity contribution in [3.63, 3.8) is 0 Å². The summed E-state index contributed by atoms with van der Waals surface area (Å²) < 4.78 is 35.8. The fraction of sp³-hybridized carbons (Fsp3) is 0.208. The molecular weight excluding hydrogens is 478 g/mol. The third-order valence-electron chi connectivity index (χ3n) is 5.69. The van der Waals surface area contributed by atoms with Crippen LogP contribution in [0.1, 0.15) is 36.4 Å². The third kappa shape index (κ3) is 3.46. The van der Waals surface area contributed by atoms with Crippen molar-refractivity contribution < 1.29 is 17.6 Å². The average Bonchev–Trinajstić information content (AvgIpc) is 3.05. The maximum Gasteiger partial charge on any atom is 0.261 e. The summed E-state index contributed by atoms with van der Waals surface area (Å²) in [5, 5.41) is 2.14. The Balaban J connectivity index is 1.72. The second-order valence-electron chi connectivity index (χ2n) is 8.75. The molecule has 0 atom stereocenters. The average molecular weight is 498 g/mol. The molecule has 31 heavy (non-hydrogen) atoms. The van der Waals surface area contributed by atoms with E-state index in [1.807, 2.05) is 24.3 Å². The van der Waals surface area contributed by atoms with Gasteiger partial charge in [0.25, 0.3) is 10.0 Å². The molecule has 158 valence electrons. The number of hydrogen-bond acceptors (Lipinski definition) is 4. The highest BCUT2D eigenvalue weighted by Crippen LogP contribution is 2.43. The van der Waals surface area contributed by atoms with E-state index in [0.29, 0.717) is 46.2 Å². The SMILES string of the molecule is CC1(C)CC(=O)c2c(oc3c2cc(NS(=O)(=O)c2ccc(Br)cc2)c2ccccc23)C1. The number of rotatable bonds is 3. The predicted octanol–water partition coefficient (Wildman–Crippen LogP) is 6.30. The van der Waals surface area contributed by atoms with Crippen LogP contribution < -0.4 is 4.72 Å². The van der Waals surface area contributed by atoms with Crippen molar-refractivity contribution in [3.05, 3.63) is 70.4 Å². The van der Waals surface area contributed by atoms with Crippen molar-refractivity contribution in [3.8, 4) is 0 Å². The van der Waals surface area contributed by atoms with E-state index in [0.717, 1.165) is 9.86 Å². The van der Waals surface area contributed by atoms with Gasteiger partial charge in [-0.15, -0.1) is 0 Å². The van der Waals surface area contributed by atoms with Gasteiger partial charge in [0.05, 0.1) is 16.1 Å². The first-order chi connectivity index (χ1) is 14.6. The molecule has 0 spiro atoms. The van der Waals surface area contributed by atoms with Crippen molar-refractivity contribution in [2.75, 3.05) is 4.72 Å². The molecule has 7 heteroatoms. The van der Waals surface area contributed by atoms with Crippen LogP contribution in [0.2, 0.25) is 0 Å². The third-order valence-corrected chi connectivity index (χ3v) is 7.60. The fourth-order valence-electron chi connectivity index (χ4n) is 4.32. The Morgan fingerprint density at radius 3 is 2.35 bits per heavy atom. The van der Waals surface area contributed by atoms with E-state index < -0.39 is 10.0 Å². The second kappa shape index (κ2) is 6.93. The number of Topliss-reactive ketones (excluding diaryl/α,β-unsaturated/α-hetero) is 1. The van der Waals surface area contributed by atoms with E-state index in [1.54, 1.807) is 30.3 Å². The number of carbonyl (C=O) groups is 1. The van der Waals surface area contributed by atoms with Crippen molar-refractivity contribution >= 4 is 59.2 Å². The first kappa shape index (κ1) is 20.3. The molecule has 4 aromatic rings. The Kier molecular flexibility index (Phi) is 4.53. The summed E-state index contributed by atoms with van der Waals surface area (Å²) in [5.74, 6) is 0.705. The van der Waals surface area contributed by atoms with E-state index >= 15 is 0 Å². The standard InChI is InChI=1S/C24H20BrNO4S/c1-24(2)12-20(27)22-18-11-19(26-31(28,29)15-9-7-14(25)8-10-15)16-5-3-4-6-17(16)23(18)30-21(22)13-24/h3-11,26H,12-13H2,1-2H3. The van der Waals surface area contributed by atoms with E-state index in [1.165, 1.54) is 0 Å². The van der Waals surface area contributed by atoms with Gasteiger partial charge in [-0.1, -0.05) is 54.0 Å². The lowest BCUT2D eigenvalue weighted by atomic mass is 9.76. The monoisotopic (exact) mass is 497 g/mol. The predicted molar refractivity (Wildman–Crippen MR) is 125 cm³/mol. The Morgan fingerprint density at radius 2 is 1.65 bits per heavy atom. The number of fused-ring (bicyclic) bond motifs is 5. The summed E-state index contributed by atoms with van der Waals surface area (Å²) in [6.45, 7) is 4.10. The molecular formula is C24H20BrNO4S. The minimum atomic E-state index is -3.81. The molecule has 0 amide bonds. The topological polar surface area (TPSA) is 76.4 Å². The smallest absolute Gasteiger partial charge is 0.261 e. The number of benzene rings is 3. The molecule has 0 bridgehead atoms. The van der Waals surface area contributed by atoms with Gasteiger partial charge in [-0.05, 0) is 35.7 Å². The maximum absolute atomic E-state index is 13.1. The van der Waals surface area contributed by atoms with Crippen LogP contribution in [0.15, 0.2) is 68.4 Å². The number of hydrogen-bond donors (Lipinski definition) is 1.